The third-order valence-corrected chi connectivity index (χ3v) is 12.0. The van der Waals surface area contributed by atoms with E-state index in [1.165, 1.54) is 57.8 Å². The molecule has 0 aromatic carbocycles. The second kappa shape index (κ2) is 62.3. The SMILES string of the molecule is CC/C=C\C/C=C\C/C=C\C/C=C\C/C=C\C/C=C\C/C=C\C/C=C\C/C=C\CCCC(=O)OCC(COC(=O)CCCCCCCCCCCCCC)OC(=O)CCC/C=C\C/C=C\C/C=C\C/C=C\C/C=C\CC. The van der Waals surface area contributed by atoms with E-state index in [0.29, 0.717) is 19.3 Å². The van der Waals surface area contributed by atoms with Crippen LogP contribution in [0.15, 0.2) is 170 Å². The first kappa shape index (κ1) is 70.8. The zero-order valence-corrected chi connectivity index (χ0v) is 48.4. The van der Waals surface area contributed by atoms with Gasteiger partial charge in [0.15, 0.2) is 6.10 Å². The summed E-state index contributed by atoms with van der Waals surface area (Å²) in [6, 6.07) is 0. The summed E-state index contributed by atoms with van der Waals surface area (Å²) in [5.41, 5.74) is 0. The molecular formula is C70H108O6. The largest absolute Gasteiger partial charge is 0.462 e. The molecule has 6 heteroatoms. The third kappa shape index (κ3) is 59.6. The van der Waals surface area contributed by atoms with Crippen molar-refractivity contribution in [1.82, 2.24) is 0 Å². The highest BCUT2D eigenvalue weighted by molar-refractivity contribution is 5.71. The van der Waals surface area contributed by atoms with Gasteiger partial charge >= 0.3 is 17.9 Å². The standard InChI is InChI=1S/C70H108O6/c1-4-7-10-13-16-19-22-25-27-29-30-31-32-33-34-35-36-37-38-39-40-42-43-45-48-51-54-57-60-63-69(72)75-66-67(65-74-68(71)62-59-56-53-50-47-24-21-18-15-12-9-6-3)76-70(73)64-61-58-55-52-49-46-44-41-28-26-23-20-17-14-11-8-5-2/h7-8,10-11,16-17,19-20,25-28,30-31,33-34,36-37,39-40,43-46,51-52,54-55,67H,4-6,9,12-15,18,21-24,29,32,35,38,41-42,47-50,53,56-66H2,1-3H3/b10-7-,11-8-,19-16-,20-17-,27-25-,28-26-,31-30-,34-33-,37-36-,40-39-,45-43-,46-44-,54-51-,55-52-. The summed E-state index contributed by atoms with van der Waals surface area (Å²) in [6.45, 7) is 6.30. The van der Waals surface area contributed by atoms with Gasteiger partial charge in [-0.1, -0.05) is 262 Å². The van der Waals surface area contributed by atoms with Crippen LogP contribution in [0.2, 0.25) is 0 Å². The van der Waals surface area contributed by atoms with Gasteiger partial charge in [-0.05, 0) is 122 Å². The first-order chi connectivity index (χ1) is 37.5. The number of ether oxygens (including phenoxy) is 3. The first-order valence-corrected chi connectivity index (χ1v) is 30.1. The van der Waals surface area contributed by atoms with E-state index < -0.39 is 6.10 Å². The van der Waals surface area contributed by atoms with Crippen LogP contribution >= 0.6 is 0 Å². The van der Waals surface area contributed by atoms with E-state index in [0.717, 1.165) is 122 Å². The van der Waals surface area contributed by atoms with Crippen molar-refractivity contribution in [2.24, 2.45) is 0 Å². The van der Waals surface area contributed by atoms with E-state index in [1.807, 2.05) is 0 Å². The number of carbonyl (C=O) groups is 3. The molecule has 0 radical (unpaired) electrons. The molecule has 0 aliphatic carbocycles. The van der Waals surface area contributed by atoms with Crippen LogP contribution in [0.25, 0.3) is 0 Å². The zero-order chi connectivity index (χ0) is 55.0. The van der Waals surface area contributed by atoms with Crippen LogP contribution in [-0.2, 0) is 28.6 Å². The molecule has 0 saturated carbocycles. The quantitative estimate of drug-likeness (QED) is 0.0261. The highest BCUT2D eigenvalue weighted by Gasteiger charge is 2.19. The average Bonchev–Trinajstić information content (AvgIpc) is 3.42. The van der Waals surface area contributed by atoms with Gasteiger partial charge in [0.2, 0.25) is 0 Å². The summed E-state index contributed by atoms with van der Waals surface area (Å²) in [5.74, 6) is -1.05. The molecule has 1 atom stereocenters. The molecule has 0 amide bonds. The van der Waals surface area contributed by atoms with Gasteiger partial charge in [-0.15, -0.1) is 0 Å². The van der Waals surface area contributed by atoms with E-state index >= 15 is 0 Å². The molecule has 0 rings (SSSR count). The Kier molecular flexibility index (Phi) is 58.0. The third-order valence-electron chi connectivity index (χ3n) is 12.0. The van der Waals surface area contributed by atoms with Gasteiger partial charge in [0.1, 0.15) is 13.2 Å². The fourth-order valence-corrected chi connectivity index (χ4v) is 7.54. The van der Waals surface area contributed by atoms with Crippen LogP contribution in [-0.4, -0.2) is 37.2 Å². The van der Waals surface area contributed by atoms with Crippen LogP contribution in [0, 0.1) is 0 Å². The van der Waals surface area contributed by atoms with E-state index in [9.17, 15) is 14.4 Å². The summed E-state index contributed by atoms with van der Waals surface area (Å²) in [7, 11) is 0. The van der Waals surface area contributed by atoms with Crippen LogP contribution < -0.4 is 0 Å². The highest BCUT2D eigenvalue weighted by atomic mass is 16.6. The van der Waals surface area contributed by atoms with E-state index in [1.54, 1.807) is 0 Å². The van der Waals surface area contributed by atoms with Gasteiger partial charge in [-0.25, -0.2) is 0 Å². The highest BCUT2D eigenvalue weighted by Crippen LogP contribution is 2.14. The first-order valence-electron chi connectivity index (χ1n) is 30.1. The second-order valence-corrected chi connectivity index (χ2v) is 19.1. The van der Waals surface area contributed by atoms with Gasteiger partial charge in [-0.2, -0.15) is 0 Å². The molecule has 6 nitrogen and oxygen atoms in total. The molecule has 0 saturated heterocycles. The van der Waals surface area contributed by atoms with Crippen molar-refractivity contribution in [3.05, 3.63) is 170 Å². The Morgan fingerprint density at radius 2 is 0.513 bits per heavy atom. The number of hydrogen-bond acceptors (Lipinski definition) is 6. The molecule has 0 bridgehead atoms. The molecule has 1 unspecified atom stereocenters. The van der Waals surface area contributed by atoms with Crippen molar-refractivity contribution in [2.45, 2.75) is 239 Å². The summed E-state index contributed by atoms with van der Waals surface area (Å²) >= 11 is 0. The Balaban J connectivity index is 4.51. The van der Waals surface area contributed by atoms with E-state index in [-0.39, 0.29) is 44.0 Å². The summed E-state index contributed by atoms with van der Waals surface area (Å²) < 4.78 is 16.8. The Bertz CT molecular complexity index is 1770. The normalized spacial score (nSPS) is 13.4. The van der Waals surface area contributed by atoms with Gasteiger partial charge < -0.3 is 14.2 Å². The van der Waals surface area contributed by atoms with Gasteiger partial charge in [0.25, 0.3) is 0 Å². The maximum absolute atomic E-state index is 12.8. The Morgan fingerprint density at radius 3 is 0.803 bits per heavy atom. The van der Waals surface area contributed by atoms with Crippen LogP contribution in [0.1, 0.15) is 233 Å². The number of unbranched alkanes of at least 4 members (excludes halogenated alkanes) is 13. The van der Waals surface area contributed by atoms with E-state index in [4.69, 9.17) is 14.2 Å². The molecule has 424 valence electrons. The second-order valence-electron chi connectivity index (χ2n) is 19.1. The van der Waals surface area contributed by atoms with Crippen molar-refractivity contribution >= 4 is 17.9 Å². The maximum atomic E-state index is 12.8. The summed E-state index contributed by atoms with van der Waals surface area (Å²) in [4.78, 5) is 38.1. The predicted molar refractivity (Wildman–Crippen MR) is 329 cm³/mol. The van der Waals surface area contributed by atoms with Crippen LogP contribution in [0.3, 0.4) is 0 Å². The lowest BCUT2D eigenvalue weighted by Crippen LogP contribution is -2.30. The van der Waals surface area contributed by atoms with Crippen molar-refractivity contribution in [3.63, 3.8) is 0 Å². The molecule has 0 fully saturated rings. The zero-order valence-electron chi connectivity index (χ0n) is 48.4. The lowest BCUT2D eigenvalue weighted by molar-refractivity contribution is -0.167. The number of rotatable bonds is 52. The molecule has 0 aromatic rings. The molecule has 0 aromatic heterocycles. The lowest BCUT2D eigenvalue weighted by Gasteiger charge is -2.18. The van der Waals surface area contributed by atoms with Gasteiger partial charge in [-0.3, -0.25) is 14.4 Å². The Morgan fingerprint density at radius 1 is 0.276 bits per heavy atom. The molecule has 0 aliphatic rings. The molecule has 0 aliphatic heterocycles. The minimum atomic E-state index is -0.839. The average molecular weight is 1050 g/mol. The summed E-state index contributed by atoms with van der Waals surface area (Å²) in [5, 5.41) is 0. The molecular weight excluding hydrogens is 937 g/mol. The number of carbonyl (C=O) groups excluding carboxylic acids is 3. The fraction of sp³-hybridized carbons (Fsp3) is 0.557. The molecule has 76 heavy (non-hydrogen) atoms. The smallest absolute Gasteiger partial charge is 0.306 e. The topological polar surface area (TPSA) is 78.9 Å². The monoisotopic (exact) mass is 1040 g/mol. The van der Waals surface area contributed by atoms with Crippen molar-refractivity contribution in [2.75, 3.05) is 13.2 Å². The lowest BCUT2D eigenvalue weighted by atomic mass is 10.0. The molecule has 0 heterocycles. The van der Waals surface area contributed by atoms with E-state index in [2.05, 4.69) is 191 Å². The Hall–Kier alpha value is -5.23. The maximum Gasteiger partial charge on any atom is 0.306 e. The number of hydrogen-bond donors (Lipinski definition) is 0. The molecule has 0 spiro atoms. The van der Waals surface area contributed by atoms with Crippen LogP contribution in [0.4, 0.5) is 0 Å². The number of esters is 3. The Labute approximate surface area is 466 Å². The molecule has 0 N–H and O–H groups in total. The van der Waals surface area contributed by atoms with Crippen molar-refractivity contribution in [3.8, 4) is 0 Å². The predicted octanol–water partition coefficient (Wildman–Crippen LogP) is 20.7. The van der Waals surface area contributed by atoms with Crippen molar-refractivity contribution < 1.29 is 28.6 Å². The number of allylic oxidation sites excluding steroid dienone is 28. The summed E-state index contributed by atoms with van der Waals surface area (Å²) in [6.07, 6.45) is 92.2. The van der Waals surface area contributed by atoms with Gasteiger partial charge in [0, 0.05) is 19.3 Å². The van der Waals surface area contributed by atoms with Crippen molar-refractivity contribution in [1.29, 1.82) is 0 Å². The van der Waals surface area contributed by atoms with Gasteiger partial charge in [0.05, 0.1) is 0 Å². The van der Waals surface area contributed by atoms with Crippen LogP contribution in [0.5, 0.6) is 0 Å². The minimum Gasteiger partial charge on any atom is -0.462 e. The fourth-order valence-electron chi connectivity index (χ4n) is 7.54. The minimum absolute atomic E-state index is 0.125.